The van der Waals surface area contributed by atoms with Gasteiger partial charge in [0.05, 0.1) is 13.7 Å². The first-order chi connectivity index (χ1) is 13.0. The van der Waals surface area contributed by atoms with Gasteiger partial charge >= 0.3 is 6.09 Å². The van der Waals surface area contributed by atoms with Crippen molar-refractivity contribution >= 4 is 36.0 Å². The zero-order valence-corrected chi connectivity index (χ0v) is 19.6. The average molecular weight is 504 g/mol. The molecule has 0 spiro atoms. The summed E-state index contributed by atoms with van der Waals surface area (Å²) in [5.41, 5.74) is 1.18. The number of rotatable bonds is 6. The van der Waals surface area contributed by atoms with Crippen molar-refractivity contribution in [2.75, 3.05) is 33.3 Å². The van der Waals surface area contributed by atoms with E-state index in [1.807, 2.05) is 45.0 Å². The summed E-state index contributed by atoms with van der Waals surface area (Å²) in [6.07, 6.45) is 1.46. The Morgan fingerprint density at radius 3 is 2.68 bits per heavy atom. The van der Waals surface area contributed by atoms with Crippen molar-refractivity contribution in [3.63, 3.8) is 0 Å². The van der Waals surface area contributed by atoms with E-state index in [2.05, 4.69) is 15.6 Å². The SMILES string of the molecule is CCNC(=NCC(C)Oc1cccc(C)c1)NC1CCN(C(=O)OC)CC1.I. The molecule has 1 saturated heterocycles. The van der Waals surface area contributed by atoms with E-state index in [0.717, 1.165) is 31.1 Å². The zero-order chi connectivity index (χ0) is 19.6. The number of likely N-dealkylation sites (tertiary alicyclic amines) is 1. The molecule has 0 aromatic heterocycles. The molecule has 158 valence electrons. The number of nitrogens with one attached hydrogen (secondary N) is 2. The number of nitrogens with zero attached hydrogens (tertiary/aromatic N) is 2. The van der Waals surface area contributed by atoms with Crippen molar-refractivity contribution < 1.29 is 14.3 Å². The molecule has 28 heavy (non-hydrogen) atoms. The van der Waals surface area contributed by atoms with Gasteiger partial charge in [0.1, 0.15) is 11.9 Å². The smallest absolute Gasteiger partial charge is 0.409 e. The molecule has 1 amide bonds. The van der Waals surface area contributed by atoms with E-state index >= 15 is 0 Å². The molecule has 1 aromatic rings. The number of benzene rings is 1. The number of methoxy groups -OCH3 is 1. The molecular weight excluding hydrogens is 471 g/mol. The average Bonchev–Trinajstić information content (AvgIpc) is 2.66. The molecule has 2 N–H and O–H groups in total. The van der Waals surface area contributed by atoms with Crippen LogP contribution < -0.4 is 15.4 Å². The first kappa shape index (κ1) is 24.3. The zero-order valence-electron chi connectivity index (χ0n) is 17.2. The van der Waals surface area contributed by atoms with Crippen LogP contribution in [0.3, 0.4) is 0 Å². The van der Waals surface area contributed by atoms with Crippen LogP contribution >= 0.6 is 24.0 Å². The Morgan fingerprint density at radius 2 is 2.07 bits per heavy atom. The van der Waals surface area contributed by atoms with Crippen LogP contribution in [0.4, 0.5) is 4.79 Å². The molecule has 1 unspecified atom stereocenters. The van der Waals surface area contributed by atoms with Crippen molar-refractivity contribution in [2.24, 2.45) is 4.99 Å². The number of aliphatic imine (C=N–C) groups is 1. The first-order valence-electron chi connectivity index (χ1n) is 9.63. The number of halogens is 1. The van der Waals surface area contributed by atoms with Crippen molar-refractivity contribution in [1.29, 1.82) is 0 Å². The van der Waals surface area contributed by atoms with Crippen LogP contribution in [0.5, 0.6) is 5.75 Å². The van der Waals surface area contributed by atoms with Gasteiger partial charge in [0, 0.05) is 25.7 Å². The lowest BCUT2D eigenvalue weighted by Gasteiger charge is -2.32. The maximum Gasteiger partial charge on any atom is 0.409 e. The van der Waals surface area contributed by atoms with Gasteiger partial charge in [-0.15, -0.1) is 24.0 Å². The first-order valence-corrected chi connectivity index (χ1v) is 9.63. The quantitative estimate of drug-likeness (QED) is 0.354. The van der Waals surface area contributed by atoms with Gasteiger partial charge in [0.25, 0.3) is 0 Å². The summed E-state index contributed by atoms with van der Waals surface area (Å²) < 4.78 is 10.7. The standard InChI is InChI=1S/C20H32N4O3.HI/c1-5-21-19(23-17-9-11-24(12-10-17)20(25)26-4)22-14-16(3)27-18-8-6-7-15(2)13-18;/h6-8,13,16-17H,5,9-12,14H2,1-4H3,(H2,21,22,23);1H. The van der Waals surface area contributed by atoms with E-state index in [1.165, 1.54) is 12.7 Å². The number of guanidine groups is 1. The Bertz CT molecular complexity index is 634. The fourth-order valence-electron chi connectivity index (χ4n) is 3.03. The lowest BCUT2D eigenvalue weighted by molar-refractivity contribution is 0.111. The lowest BCUT2D eigenvalue weighted by Crippen LogP contribution is -2.50. The van der Waals surface area contributed by atoms with Crippen molar-refractivity contribution in [3.05, 3.63) is 29.8 Å². The Balaban J connectivity index is 0.00000392. The van der Waals surface area contributed by atoms with Crippen molar-refractivity contribution in [2.45, 2.75) is 45.8 Å². The van der Waals surface area contributed by atoms with E-state index in [0.29, 0.717) is 19.6 Å². The number of ether oxygens (including phenoxy) is 2. The van der Waals surface area contributed by atoms with Crippen LogP contribution in [-0.4, -0.2) is 62.4 Å². The number of hydrogen-bond donors (Lipinski definition) is 2. The fraction of sp³-hybridized carbons (Fsp3) is 0.600. The minimum Gasteiger partial charge on any atom is -0.489 e. The third-order valence-corrected chi connectivity index (χ3v) is 4.45. The molecule has 1 aliphatic heterocycles. The van der Waals surface area contributed by atoms with Gasteiger partial charge in [-0.1, -0.05) is 12.1 Å². The molecular formula is C20H33IN4O3. The van der Waals surface area contributed by atoms with Crippen LogP contribution in [0, 0.1) is 6.92 Å². The van der Waals surface area contributed by atoms with E-state index in [9.17, 15) is 4.79 Å². The summed E-state index contributed by atoms with van der Waals surface area (Å²) in [4.78, 5) is 18.0. The molecule has 8 heteroatoms. The van der Waals surface area contributed by atoms with Gasteiger partial charge < -0.3 is 25.0 Å². The van der Waals surface area contributed by atoms with Gasteiger partial charge in [-0.3, -0.25) is 0 Å². The number of carbonyl (C=O) groups is 1. The second-order valence-electron chi connectivity index (χ2n) is 6.84. The van der Waals surface area contributed by atoms with Crippen LogP contribution in [0.15, 0.2) is 29.3 Å². The van der Waals surface area contributed by atoms with Gasteiger partial charge in [-0.05, 0) is 51.3 Å². The molecule has 1 fully saturated rings. The molecule has 0 bridgehead atoms. The Labute approximate surface area is 185 Å². The molecule has 7 nitrogen and oxygen atoms in total. The highest BCUT2D eigenvalue weighted by molar-refractivity contribution is 14.0. The summed E-state index contributed by atoms with van der Waals surface area (Å²) in [6.45, 7) is 8.85. The molecule has 0 saturated carbocycles. The third-order valence-electron chi connectivity index (χ3n) is 4.45. The number of amides is 1. The normalized spacial score (nSPS) is 16.0. The van der Waals surface area contributed by atoms with Crippen LogP contribution in [0.1, 0.15) is 32.3 Å². The molecule has 1 atom stereocenters. The van der Waals surface area contributed by atoms with Gasteiger partial charge in [0.15, 0.2) is 5.96 Å². The molecule has 0 radical (unpaired) electrons. The van der Waals surface area contributed by atoms with Gasteiger partial charge in [0.2, 0.25) is 0 Å². The summed E-state index contributed by atoms with van der Waals surface area (Å²) in [5.74, 6) is 1.65. The molecule has 1 aromatic carbocycles. The summed E-state index contributed by atoms with van der Waals surface area (Å²) in [7, 11) is 1.42. The maximum atomic E-state index is 11.6. The van der Waals surface area contributed by atoms with Gasteiger partial charge in [-0.25, -0.2) is 9.79 Å². The van der Waals surface area contributed by atoms with Crippen molar-refractivity contribution in [1.82, 2.24) is 15.5 Å². The number of aryl methyl sites for hydroxylation is 1. The number of carbonyl (C=O) groups excluding carboxylic acids is 1. The predicted octanol–water partition coefficient (Wildman–Crippen LogP) is 3.17. The third kappa shape index (κ3) is 8.12. The molecule has 0 aliphatic carbocycles. The summed E-state index contributed by atoms with van der Waals surface area (Å²) in [5, 5.41) is 6.75. The highest BCUT2D eigenvalue weighted by Crippen LogP contribution is 2.14. The summed E-state index contributed by atoms with van der Waals surface area (Å²) in [6, 6.07) is 8.32. The summed E-state index contributed by atoms with van der Waals surface area (Å²) >= 11 is 0. The topological polar surface area (TPSA) is 75.2 Å². The molecule has 2 rings (SSSR count). The Hall–Kier alpha value is -1.71. The van der Waals surface area contributed by atoms with Crippen LogP contribution in [-0.2, 0) is 4.74 Å². The number of hydrogen-bond acceptors (Lipinski definition) is 4. The lowest BCUT2D eigenvalue weighted by atomic mass is 10.1. The van der Waals surface area contributed by atoms with Crippen LogP contribution in [0.25, 0.3) is 0 Å². The van der Waals surface area contributed by atoms with E-state index in [4.69, 9.17) is 9.47 Å². The largest absolute Gasteiger partial charge is 0.489 e. The van der Waals surface area contributed by atoms with E-state index in [-0.39, 0.29) is 42.2 Å². The second-order valence-corrected chi connectivity index (χ2v) is 6.84. The Morgan fingerprint density at radius 1 is 1.36 bits per heavy atom. The maximum absolute atomic E-state index is 11.6. The Kier molecular flexibility index (Phi) is 11.0. The van der Waals surface area contributed by atoms with E-state index in [1.54, 1.807) is 4.90 Å². The number of piperidine rings is 1. The molecule has 1 heterocycles. The van der Waals surface area contributed by atoms with Crippen LogP contribution in [0.2, 0.25) is 0 Å². The van der Waals surface area contributed by atoms with Crippen molar-refractivity contribution in [3.8, 4) is 5.75 Å². The molecule has 1 aliphatic rings. The van der Waals surface area contributed by atoms with E-state index < -0.39 is 0 Å². The fourth-order valence-corrected chi connectivity index (χ4v) is 3.03. The monoisotopic (exact) mass is 504 g/mol. The highest BCUT2D eigenvalue weighted by atomic mass is 127. The minimum absolute atomic E-state index is 0. The minimum atomic E-state index is -0.254. The predicted molar refractivity (Wildman–Crippen MR) is 123 cm³/mol. The highest BCUT2D eigenvalue weighted by Gasteiger charge is 2.23. The second kappa shape index (κ2) is 12.7. The van der Waals surface area contributed by atoms with Gasteiger partial charge in [-0.2, -0.15) is 0 Å².